The lowest BCUT2D eigenvalue weighted by molar-refractivity contribution is -0.0521. The van der Waals surface area contributed by atoms with Crippen LogP contribution in [0.2, 0.25) is 0 Å². The fourth-order valence-electron chi connectivity index (χ4n) is 2.39. The van der Waals surface area contributed by atoms with Gasteiger partial charge in [0, 0.05) is 23.4 Å². The number of alkyl halides is 2. The molecule has 0 radical (unpaired) electrons. The molecule has 1 saturated carbocycles. The SMILES string of the molecule is CSC1CCC(Nc2cc(OC(F)F)c(F)cc2N)C1. The zero-order valence-electron chi connectivity index (χ0n) is 11.0. The van der Waals surface area contributed by atoms with Gasteiger partial charge in [-0.2, -0.15) is 20.5 Å². The van der Waals surface area contributed by atoms with Gasteiger partial charge in [0.2, 0.25) is 0 Å². The second kappa shape index (κ2) is 6.47. The molecule has 3 nitrogen and oxygen atoms in total. The second-order valence-corrected chi connectivity index (χ2v) is 5.90. The molecule has 0 heterocycles. The van der Waals surface area contributed by atoms with E-state index in [4.69, 9.17) is 5.73 Å². The molecule has 7 heteroatoms. The summed E-state index contributed by atoms with van der Waals surface area (Å²) < 4.78 is 42.0. The highest BCUT2D eigenvalue weighted by Gasteiger charge is 2.24. The highest BCUT2D eigenvalue weighted by molar-refractivity contribution is 7.99. The van der Waals surface area contributed by atoms with Crippen molar-refractivity contribution in [3.05, 3.63) is 17.9 Å². The van der Waals surface area contributed by atoms with Crippen molar-refractivity contribution in [2.75, 3.05) is 17.3 Å². The van der Waals surface area contributed by atoms with Crippen LogP contribution in [0.25, 0.3) is 0 Å². The Kier molecular flexibility index (Phi) is 4.91. The molecule has 2 atom stereocenters. The van der Waals surface area contributed by atoms with Crippen molar-refractivity contribution in [3.8, 4) is 5.75 Å². The first kappa shape index (κ1) is 15.2. The van der Waals surface area contributed by atoms with Gasteiger partial charge < -0.3 is 15.8 Å². The first-order chi connectivity index (χ1) is 9.49. The quantitative estimate of drug-likeness (QED) is 0.814. The molecule has 1 aliphatic carbocycles. The zero-order chi connectivity index (χ0) is 14.7. The summed E-state index contributed by atoms with van der Waals surface area (Å²) >= 11 is 1.81. The number of rotatable bonds is 5. The summed E-state index contributed by atoms with van der Waals surface area (Å²) in [6, 6.07) is 2.42. The van der Waals surface area contributed by atoms with E-state index in [0.29, 0.717) is 10.9 Å². The van der Waals surface area contributed by atoms with Crippen molar-refractivity contribution in [1.29, 1.82) is 0 Å². The van der Waals surface area contributed by atoms with E-state index < -0.39 is 18.2 Å². The molecule has 3 N–H and O–H groups in total. The lowest BCUT2D eigenvalue weighted by Crippen LogP contribution is -2.17. The van der Waals surface area contributed by atoms with E-state index in [0.717, 1.165) is 25.3 Å². The van der Waals surface area contributed by atoms with E-state index in [2.05, 4.69) is 16.3 Å². The van der Waals surface area contributed by atoms with Crippen LogP contribution in [0.4, 0.5) is 24.5 Å². The predicted molar refractivity (Wildman–Crippen MR) is 76.0 cm³/mol. The average Bonchev–Trinajstić information content (AvgIpc) is 2.82. The van der Waals surface area contributed by atoms with Crippen LogP contribution in [0.1, 0.15) is 19.3 Å². The molecule has 0 aliphatic heterocycles. The standard InChI is InChI=1S/C13H17F3N2OS/c1-20-8-3-2-7(4-8)18-11-6-12(19-13(15)16)9(14)5-10(11)17/h5-8,13,18H,2-4,17H2,1H3. The molecular weight excluding hydrogens is 289 g/mol. The summed E-state index contributed by atoms with van der Waals surface area (Å²) in [5.74, 6) is -1.38. The van der Waals surface area contributed by atoms with Gasteiger partial charge in [-0.05, 0) is 25.5 Å². The smallest absolute Gasteiger partial charge is 0.387 e. The van der Waals surface area contributed by atoms with Gasteiger partial charge in [-0.25, -0.2) is 4.39 Å². The Morgan fingerprint density at radius 2 is 2.15 bits per heavy atom. The van der Waals surface area contributed by atoms with Crippen LogP contribution in [-0.4, -0.2) is 24.2 Å². The normalized spacial score (nSPS) is 22.2. The molecule has 112 valence electrons. The number of thioether (sulfide) groups is 1. The molecule has 0 bridgehead atoms. The van der Waals surface area contributed by atoms with Crippen LogP contribution in [-0.2, 0) is 0 Å². The molecular formula is C13H17F3N2OS. The molecule has 20 heavy (non-hydrogen) atoms. The van der Waals surface area contributed by atoms with E-state index in [-0.39, 0.29) is 11.7 Å². The maximum atomic E-state index is 13.5. The maximum Gasteiger partial charge on any atom is 0.387 e. The predicted octanol–water partition coefficient (Wildman–Crippen LogP) is 3.71. The fourth-order valence-corrected chi connectivity index (χ4v) is 3.18. The van der Waals surface area contributed by atoms with Gasteiger partial charge in [-0.1, -0.05) is 0 Å². The Morgan fingerprint density at radius 3 is 2.75 bits per heavy atom. The highest BCUT2D eigenvalue weighted by Crippen LogP contribution is 2.34. The minimum atomic E-state index is -3.06. The number of halogens is 3. The molecule has 0 spiro atoms. The lowest BCUT2D eigenvalue weighted by Gasteiger charge is -2.17. The van der Waals surface area contributed by atoms with Crippen molar-refractivity contribution in [3.63, 3.8) is 0 Å². The first-order valence-electron chi connectivity index (χ1n) is 6.32. The second-order valence-electron chi connectivity index (χ2n) is 4.76. The minimum absolute atomic E-state index is 0.191. The van der Waals surface area contributed by atoms with Gasteiger partial charge in [0.15, 0.2) is 11.6 Å². The first-order valence-corrected chi connectivity index (χ1v) is 7.61. The number of nitrogens with two attached hydrogens (primary N) is 1. The number of hydrogen-bond donors (Lipinski definition) is 2. The minimum Gasteiger partial charge on any atom is -0.432 e. The summed E-state index contributed by atoms with van der Waals surface area (Å²) in [6.07, 6.45) is 5.12. The molecule has 1 aromatic rings. The topological polar surface area (TPSA) is 47.3 Å². The largest absolute Gasteiger partial charge is 0.432 e. The summed E-state index contributed by atoms with van der Waals surface area (Å²) in [4.78, 5) is 0. The Labute approximate surface area is 120 Å². The van der Waals surface area contributed by atoms with Gasteiger partial charge >= 0.3 is 6.61 Å². The maximum absolute atomic E-state index is 13.5. The zero-order valence-corrected chi connectivity index (χ0v) is 11.9. The van der Waals surface area contributed by atoms with Gasteiger partial charge in [-0.15, -0.1) is 0 Å². The monoisotopic (exact) mass is 306 g/mol. The third-order valence-corrected chi connectivity index (χ3v) is 4.49. The van der Waals surface area contributed by atoms with Crippen LogP contribution < -0.4 is 15.8 Å². The van der Waals surface area contributed by atoms with Crippen LogP contribution in [0.15, 0.2) is 12.1 Å². The summed E-state index contributed by atoms with van der Waals surface area (Å²) in [5, 5.41) is 3.77. The summed E-state index contributed by atoms with van der Waals surface area (Å²) in [7, 11) is 0. The molecule has 0 aromatic heterocycles. The van der Waals surface area contributed by atoms with Gasteiger partial charge in [0.05, 0.1) is 11.4 Å². The number of hydrogen-bond acceptors (Lipinski definition) is 4. The van der Waals surface area contributed by atoms with E-state index in [9.17, 15) is 13.2 Å². The van der Waals surface area contributed by atoms with E-state index in [1.807, 2.05) is 11.8 Å². The summed E-state index contributed by atoms with van der Waals surface area (Å²) in [6.45, 7) is -3.06. The van der Waals surface area contributed by atoms with E-state index >= 15 is 0 Å². The van der Waals surface area contributed by atoms with Crippen molar-refractivity contribution >= 4 is 23.1 Å². The third-order valence-electron chi connectivity index (χ3n) is 3.40. The van der Waals surface area contributed by atoms with Gasteiger partial charge in [0.1, 0.15) is 0 Å². The molecule has 2 rings (SSSR count). The van der Waals surface area contributed by atoms with E-state index in [1.165, 1.54) is 6.07 Å². The van der Waals surface area contributed by atoms with Gasteiger partial charge in [0.25, 0.3) is 0 Å². The Bertz CT molecular complexity index is 473. The number of ether oxygens (including phenoxy) is 1. The van der Waals surface area contributed by atoms with Crippen molar-refractivity contribution in [2.45, 2.75) is 37.2 Å². The van der Waals surface area contributed by atoms with Crippen molar-refractivity contribution in [2.24, 2.45) is 0 Å². The van der Waals surface area contributed by atoms with Crippen LogP contribution in [0.3, 0.4) is 0 Å². The molecule has 1 aliphatic rings. The third kappa shape index (κ3) is 3.65. The molecule has 1 fully saturated rings. The van der Waals surface area contributed by atoms with Crippen LogP contribution >= 0.6 is 11.8 Å². The molecule has 0 saturated heterocycles. The van der Waals surface area contributed by atoms with Gasteiger partial charge in [-0.3, -0.25) is 0 Å². The Morgan fingerprint density at radius 1 is 1.40 bits per heavy atom. The summed E-state index contributed by atoms with van der Waals surface area (Å²) in [5.41, 5.74) is 6.35. The van der Waals surface area contributed by atoms with Crippen LogP contribution in [0.5, 0.6) is 5.75 Å². The number of anilines is 2. The van der Waals surface area contributed by atoms with E-state index in [1.54, 1.807) is 0 Å². The number of benzene rings is 1. The lowest BCUT2D eigenvalue weighted by atomic mass is 10.2. The number of nitrogen functional groups attached to an aromatic ring is 1. The molecule has 2 unspecified atom stereocenters. The Balaban J connectivity index is 2.11. The Hall–Kier alpha value is -1.24. The van der Waals surface area contributed by atoms with Crippen molar-refractivity contribution < 1.29 is 17.9 Å². The fraction of sp³-hybridized carbons (Fsp3) is 0.538. The van der Waals surface area contributed by atoms with Crippen LogP contribution in [0, 0.1) is 5.82 Å². The highest BCUT2D eigenvalue weighted by atomic mass is 32.2. The number of nitrogens with one attached hydrogen (secondary N) is 1. The van der Waals surface area contributed by atoms with Crippen molar-refractivity contribution in [1.82, 2.24) is 0 Å². The molecule has 1 aromatic carbocycles. The molecule has 0 amide bonds. The average molecular weight is 306 g/mol.